The second-order valence-corrected chi connectivity index (χ2v) is 7.64. The number of imidazole rings is 1. The largest absolute Gasteiger partial charge is 0.339 e. The third-order valence-electron chi connectivity index (χ3n) is 5.71. The lowest BCUT2D eigenvalue weighted by molar-refractivity contribution is 0.0724. The Morgan fingerprint density at radius 2 is 2.04 bits per heavy atom. The summed E-state index contributed by atoms with van der Waals surface area (Å²) >= 11 is 0. The van der Waals surface area contributed by atoms with Gasteiger partial charge in [0, 0.05) is 64.3 Å². The van der Waals surface area contributed by atoms with E-state index in [1.165, 1.54) is 12.0 Å². The van der Waals surface area contributed by atoms with E-state index in [1.54, 1.807) is 0 Å². The molecule has 1 unspecified atom stereocenters. The Kier molecular flexibility index (Phi) is 7.10. The van der Waals surface area contributed by atoms with Crippen LogP contribution < -0.4 is 5.32 Å². The number of aryl methyl sites for hydroxylation is 1. The van der Waals surface area contributed by atoms with Crippen molar-refractivity contribution in [3.63, 3.8) is 0 Å². The number of nitrogens with one attached hydrogen (secondary N) is 1. The van der Waals surface area contributed by atoms with Gasteiger partial charge in [-0.3, -0.25) is 9.69 Å². The molecule has 1 aromatic carbocycles. The smallest absolute Gasteiger partial charge is 0.253 e. The van der Waals surface area contributed by atoms with E-state index in [0.29, 0.717) is 0 Å². The van der Waals surface area contributed by atoms with Crippen LogP contribution in [0, 0.1) is 0 Å². The summed E-state index contributed by atoms with van der Waals surface area (Å²) in [6.45, 7) is 5.47. The Morgan fingerprint density at radius 3 is 2.79 bits per heavy atom. The number of benzene rings is 1. The molecule has 7 heteroatoms. The maximum absolute atomic E-state index is 12.8. The van der Waals surface area contributed by atoms with Crippen LogP contribution in [0.15, 0.2) is 36.7 Å². The molecule has 0 aliphatic carbocycles. The summed E-state index contributed by atoms with van der Waals surface area (Å²) < 4.78 is 2.10. The SMILES string of the molecule is Cl.Cn1ccnc1C1CNCCN1Cc1cccc(C(=O)N2CCCCC2)c1. The second kappa shape index (κ2) is 9.54. The van der Waals surface area contributed by atoms with Gasteiger partial charge in [0.05, 0.1) is 6.04 Å². The number of piperidine rings is 1. The standard InChI is InChI=1S/C21H29N5O.ClH/c1-24-12-9-23-20(24)19-15-22-8-13-26(19)16-17-6-5-7-18(14-17)21(27)25-10-3-2-4-11-25;/h5-7,9,12,14,19,22H,2-4,8,10-11,13,15-16H2,1H3;1H. The average molecular weight is 404 g/mol. The summed E-state index contributed by atoms with van der Waals surface area (Å²) in [5.41, 5.74) is 2.01. The van der Waals surface area contributed by atoms with Crippen molar-refractivity contribution in [1.82, 2.24) is 24.7 Å². The summed E-state index contributed by atoms with van der Waals surface area (Å²) in [5, 5.41) is 3.48. The van der Waals surface area contributed by atoms with E-state index in [9.17, 15) is 4.79 Å². The average Bonchev–Trinajstić information content (AvgIpc) is 3.14. The monoisotopic (exact) mass is 403 g/mol. The third-order valence-corrected chi connectivity index (χ3v) is 5.71. The van der Waals surface area contributed by atoms with E-state index in [0.717, 1.165) is 63.5 Å². The van der Waals surface area contributed by atoms with Crippen LogP contribution in [-0.2, 0) is 13.6 Å². The number of halogens is 1. The van der Waals surface area contributed by atoms with E-state index in [4.69, 9.17) is 0 Å². The molecule has 1 atom stereocenters. The lowest BCUT2D eigenvalue weighted by Crippen LogP contribution is -2.46. The number of likely N-dealkylation sites (tertiary alicyclic amines) is 1. The molecule has 2 aromatic rings. The number of rotatable bonds is 4. The highest BCUT2D eigenvalue weighted by Gasteiger charge is 2.27. The summed E-state index contributed by atoms with van der Waals surface area (Å²) in [7, 11) is 2.05. The molecule has 0 saturated carbocycles. The van der Waals surface area contributed by atoms with E-state index < -0.39 is 0 Å². The summed E-state index contributed by atoms with van der Waals surface area (Å²) in [6, 6.07) is 8.43. The number of aromatic nitrogens is 2. The zero-order valence-electron chi connectivity index (χ0n) is 16.5. The summed E-state index contributed by atoms with van der Waals surface area (Å²) in [6.07, 6.45) is 7.34. The van der Waals surface area contributed by atoms with Crippen molar-refractivity contribution in [2.45, 2.75) is 31.8 Å². The molecule has 1 amide bonds. The molecule has 0 bridgehead atoms. The second-order valence-electron chi connectivity index (χ2n) is 7.64. The highest BCUT2D eigenvalue weighted by atomic mass is 35.5. The quantitative estimate of drug-likeness (QED) is 0.852. The number of carbonyl (C=O) groups excluding carboxylic acids is 1. The van der Waals surface area contributed by atoms with Crippen LogP contribution in [0.25, 0.3) is 0 Å². The number of hydrogen-bond acceptors (Lipinski definition) is 4. The lowest BCUT2D eigenvalue weighted by atomic mass is 10.1. The van der Waals surface area contributed by atoms with E-state index in [2.05, 4.69) is 31.9 Å². The number of hydrogen-bond donors (Lipinski definition) is 1. The minimum atomic E-state index is 0. The fraction of sp³-hybridized carbons (Fsp3) is 0.524. The van der Waals surface area contributed by atoms with Gasteiger partial charge in [-0.25, -0.2) is 4.98 Å². The molecule has 1 N–H and O–H groups in total. The van der Waals surface area contributed by atoms with Crippen molar-refractivity contribution in [1.29, 1.82) is 0 Å². The molecule has 4 rings (SSSR count). The fourth-order valence-electron chi connectivity index (χ4n) is 4.21. The van der Waals surface area contributed by atoms with Crippen LogP contribution in [0.4, 0.5) is 0 Å². The van der Waals surface area contributed by atoms with Crippen molar-refractivity contribution < 1.29 is 4.79 Å². The van der Waals surface area contributed by atoms with Crippen molar-refractivity contribution in [3.8, 4) is 0 Å². The van der Waals surface area contributed by atoms with Crippen molar-refractivity contribution in [3.05, 3.63) is 53.6 Å². The van der Waals surface area contributed by atoms with Gasteiger partial charge in [0.2, 0.25) is 0 Å². The number of carbonyl (C=O) groups is 1. The Morgan fingerprint density at radius 1 is 1.21 bits per heavy atom. The predicted octanol–water partition coefficient (Wildman–Crippen LogP) is 2.61. The number of piperazine rings is 1. The highest BCUT2D eigenvalue weighted by Crippen LogP contribution is 2.23. The molecule has 28 heavy (non-hydrogen) atoms. The molecule has 6 nitrogen and oxygen atoms in total. The third kappa shape index (κ3) is 4.57. The van der Waals surface area contributed by atoms with Gasteiger partial charge in [0.25, 0.3) is 5.91 Å². The molecule has 2 aliphatic rings. The number of amides is 1. The minimum Gasteiger partial charge on any atom is -0.339 e. The van der Waals surface area contributed by atoms with E-state index in [1.807, 2.05) is 36.5 Å². The Hall–Kier alpha value is -1.89. The van der Waals surface area contributed by atoms with Crippen LogP contribution in [-0.4, -0.2) is 58.0 Å². The van der Waals surface area contributed by atoms with Gasteiger partial charge in [-0.1, -0.05) is 12.1 Å². The van der Waals surface area contributed by atoms with Gasteiger partial charge >= 0.3 is 0 Å². The Balaban J connectivity index is 0.00000225. The first-order valence-electron chi connectivity index (χ1n) is 10.0. The van der Waals surface area contributed by atoms with Gasteiger partial charge < -0.3 is 14.8 Å². The molecule has 3 heterocycles. The molecular weight excluding hydrogens is 374 g/mol. The van der Waals surface area contributed by atoms with Gasteiger partial charge in [-0.2, -0.15) is 0 Å². The summed E-state index contributed by atoms with van der Waals surface area (Å²) in [4.78, 5) is 21.9. The van der Waals surface area contributed by atoms with E-state index >= 15 is 0 Å². The first-order valence-corrected chi connectivity index (χ1v) is 10.0. The first kappa shape index (κ1) is 20.8. The predicted molar refractivity (Wildman–Crippen MR) is 113 cm³/mol. The molecule has 2 saturated heterocycles. The van der Waals surface area contributed by atoms with Crippen molar-refractivity contribution >= 4 is 18.3 Å². The fourth-order valence-corrected chi connectivity index (χ4v) is 4.21. The molecule has 2 aliphatic heterocycles. The molecule has 152 valence electrons. The normalized spacial score (nSPS) is 20.6. The molecule has 0 radical (unpaired) electrons. The van der Waals surface area contributed by atoms with Gasteiger partial charge in [-0.15, -0.1) is 12.4 Å². The summed E-state index contributed by atoms with van der Waals surface area (Å²) in [5.74, 6) is 1.26. The van der Waals surface area contributed by atoms with Crippen LogP contribution in [0.1, 0.15) is 47.1 Å². The van der Waals surface area contributed by atoms with Gasteiger partial charge in [-0.05, 0) is 37.0 Å². The van der Waals surface area contributed by atoms with Crippen molar-refractivity contribution in [2.75, 3.05) is 32.7 Å². The maximum Gasteiger partial charge on any atom is 0.253 e. The molecular formula is C21H30ClN5O. The van der Waals surface area contributed by atoms with Crippen LogP contribution in [0.2, 0.25) is 0 Å². The highest BCUT2D eigenvalue weighted by molar-refractivity contribution is 5.94. The van der Waals surface area contributed by atoms with E-state index in [-0.39, 0.29) is 24.4 Å². The maximum atomic E-state index is 12.8. The lowest BCUT2D eigenvalue weighted by Gasteiger charge is -2.35. The molecule has 0 spiro atoms. The molecule has 1 aromatic heterocycles. The minimum absolute atomic E-state index is 0. The van der Waals surface area contributed by atoms with Crippen molar-refractivity contribution in [2.24, 2.45) is 7.05 Å². The van der Waals surface area contributed by atoms with Crippen LogP contribution >= 0.6 is 12.4 Å². The zero-order valence-corrected chi connectivity index (χ0v) is 17.3. The number of nitrogens with zero attached hydrogens (tertiary/aromatic N) is 4. The first-order chi connectivity index (χ1) is 13.2. The van der Waals surface area contributed by atoms with Crippen LogP contribution in [0.5, 0.6) is 0 Å². The topological polar surface area (TPSA) is 53.4 Å². The van der Waals surface area contributed by atoms with Gasteiger partial charge in [0.1, 0.15) is 5.82 Å². The Labute approximate surface area is 173 Å². The molecule has 2 fully saturated rings. The Bertz CT molecular complexity index is 787. The van der Waals surface area contributed by atoms with Gasteiger partial charge in [0.15, 0.2) is 0 Å². The van der Waals surface area contributed by atoms with Crippen LogP contribution in [0.3, 0.4) is 0 Å². The zero-order chi connectivity index (χ0) is 18.6.